The summed E-state index contributed by atoms with van der Waals surface area (Å²) >= 11 is 0. The Bertz CT molecular complexity index is 140. The van der Waals surface area contributed by atoms with Gasteiger partial charge >= 0.3 is 0 Å². The molecule has 92 valence electrons. The molecular formula is C12H27NO2. The van der Waals surface area contributed by atoms with Gasteiger partial charge in [-0.2, -0.15) is 0 Å². The smallest absolute Gasteiger partial charge is 0.0807 e. The van der Waals surface area contributed by atoms with E-state index in [2.05, 4.69) is 6.92 Å². The van der Waals surface area contributed by atoms with Gasteiger partial charge in [0.2, 0.25) is 0 Å². The van der Waals surface area contributed by atoms with Crippen LogP contribution in [0.1, 0.15) is 52.9 Å². The summed E-state index contributed by atoms with van der Waals surface area (Å²) < 4.78 is 5.67. The third kappa shape index (κ3) is 7.77. The highest BCUT2D eigenvalue weighted by Gasteiger charge is 2.15. The molecule has 0 aromatic heterocycles. The monoisotopic (exact) mass is 217 g/mol. The van der Waals surface area contributed by atoms with E-state index in [4.69, 9.17) is 10.5 Å². The molecule has 3 unspecified atom stereocenters. The molecule has 0 bridgehead atoms. The van der Waals surface area contributed by atoms with Gasteiger partial charge in [0.25, 0.3) is 0 Å². The molecule has 0 aliphatic heterocycles. The van der Waals surface area contributed by atoms with Crippen LogP contribution in [0.2, 0.25) is 0 Å². The minimum absolute atomic E-state index is 0.103. The molecule has 3 heteroatoms. The van der Waals surface area contributed by atoms with Gasteiger partial charge in [-0.1, -0.05) is 32.6 Å². The molecule has 3 nitrogen and oxygen atoms in total. The van der Waals surface area contributed by atoms with Crippen LogP contribution in [0.15, 0.2) is 0 Å². The van der Waals surface area contributed by atoms with E-state index >= 15 is 0 Å². The molecule has 0 saturated heterocycles. The second-order valence-corrected chi connectivity index (χ2v) is 4.29. The molecule has 0 rings (SSSR count). The van der Waals surface area contributed by atoms with E-state index in [0.29, 0.717) is 6.54 Å². The Morgan fingerprint density at radius 1 is 1.20 bits per heavy atom. The Labute approximate surface area is 94.0 Å². The van der Waals surface area contributed by atoms with Crippen molar-refractivity contribution in [1.82, 2.24) is 0 Å². The lowest BCUT2D eigenvalue weighted by Crippen LogP contribution is -2.32. The first-order valence-electron chi connectivity index (χ1n) is 6.15. The maximum Gasteiger partial charge on any atom is 0.0807 e. The van der Waals surface area contributed by atoms with Crippen LogP contribution in [0.3, 0.4) is 0 Å². The molecule has 0 saturated carbocycles. The fourth-order valence-electron chi connectivity index (χ4n) is 1.46. The Kier molecular flexibility index (Phi) is 9.06. The van der Waals surface area contributed by atoms with Gasteiger partial charge < -0.3 is 15.6 Å². The Balaban J connectivity index is 3.63. The van der Waals surface area contributed by atoms with Crippen LogP contribution in [0.25, 0.3) is 0 Å². The van der Waals surface area contributed by atoms with Gasteiger partial charge in [0, 0.05) is 6.54 Å². The lowest BCUT2D eigenvalue weighted by atomic mass is 10.1. The van der Waals surface area contributed by atoms with Crippen LogP contribution in [0.5, 0.6) is 0 Å². The number of hydrogen-bond donors (Lipinski definition) is 2. The van der Waals surface area contributed by atoms with Gasteiger partial charge in [0.05, 0.1) is 18.3 Å². The highest BCUT2D eigenvalue weighted by atomic mass is 16.5. The molecule has 0 amide bonds. The van der Waals surface area contributed by atoms with Gasteiger partial charge in [0.1, 0.15) is 0 Å². The quantitative estimate of drug-likeness (QED) is 0.581. The summed E-state index contributed by atoms with van der Waals surface area (Å²) in [5, 5.41) is 9.31. The molecule has 0 heterocycles. The zero-order valence-corrected chi connectivity index (χ0v) is 10.4. The highest BCUT2D eigenvalue weighted by Crippen LogP contribution is 2.10. The zero-order chi connectivity index (χ0) is 11.7. The van der Waals surface area contributed by atoms with Crippen molar-refractivity contribution < 1.29 is 9.84 Å². The van der Waals surface area contributed by atoms with Gasteiger partial charge in [-0.05, 0) is 20.3 Å². The van der Waals surface area contributed by atoms with E-state index < -0.39 is 6.10 Å². The summed E-state index contributed by atoms with van der Waals surface area (Å²) in [4.78, 5) is 0. The van der Waals surface area contributed by atoms with E-state index in [-0.39, 0.29) is 12.2 Å². The third-order valence-corrected chi connectivity index (χ3v) is 2.73. The highest BCUT2D eigenvalue weighted by molar-refractivity contribution is 4.65. The van der Waals surface area contributed by atoms with Crippen LogP contribution in [0, 0.1) is 0 Å². The standard InChI is InChI=1S/C12H27NO2/c1-4-5-6-7-8-12(9-13)15-11(3)10(2)14/h10-12,14H,4-9,13H2,1-3H3. The van der Waals surface area contributed by atoms with Gasteiger partial charge in [-0.25, -0.2) is 0 Å². The summed E-state index contributed by atoms with van der Waals surface area (Å²) in [6.45, 7) is 6.38. The summed E-state index contributed by atoms with van der Waals surface area (Å²) in [6.07, 6.45) is 5.52. The molecule has 0 radical (unpaired) electrons. The molecule has 15 heavy (non-hydrogen) atoms. The van der Waals surface area contributed by atoms with Crippen LogP contribution < -0.4 is 5.73 Å². The van der Waals surface area contributed by atoms with Crippen LogP contribution in [0.4, 0.5) is 0 Å². The maximum absolute atomic E-state index is 9.31. The minimum atomic E-state index is -0.422. The largest absolute Gasteiger partial charge is 0.391 e. The van der Waals surface area contributed by atoms with Crippen molar-refractivity contribution in [3.8, 4) is 0 Å². The number of aliphatic hydroxyl groups excluding tert-OH is 1. The molecule has 0 aromatic rings. The van der Waals surface area contributed by atoms with Crippen molar-refractivity contribution in [3.05, 3.63) is 0 Å². The van der Waals surface area contributed by atoms with Crippen molar-refractivity contribution in [2.75, 3.05) is 6.54 Å². The van der Waals surface area contributed by atoms with E-state index in [0.717, 1.165) is 6.42 Å². The maximum atomic E-state index is 9.31. The second-order valence-electron chi connectivity index (χ2n) is 4.29. The van der Waals surface area contributed by atoms with Crippen molar-refractivity contribution in [3.63, 3.8) is 0 Å². The van der Waals surface area contributed by atoms with Crippen LogP contribution >= 0.6 is 0 Å². The number of aliphatic hydroxyl groups is 1. The van der Waals surface area contributed by atoms with Gasteiger partial charge in [0.15, 0.2) is 0 Å². The molecule has 0 aliphatic carbocycles. The molecule has 3 atom stereocenters. The Hall–Kier alpha value is -0.120. The minimum Gasteiger partial charge on any atom is -0.391 e. The molecule has 0 aliphatic rings. The summed E-state index contributed by atoms with van der Waals surface area (Å²) in [7, 11) is 0. The number of nitrogens with two attached hydrogens (primary N) is 1. The van der Waals surface area contributed by atoms with Crippen molar-refractivity contribution in [2.45, 2.75) is 71.2 Å². The summed E-state index contributed by atoms with van der Waals surface area (Å²) in [5.74, 6) is 0. The Morgan fingerprint density at radius 2 is 1.87 bits per heavy atom. The van der Waals surface area contributed by atoms with Gasteiger partial charge in [-0.15, -0.1) is 0 Å². The summed E-state index contributed by atoms with van der Waals surface area (Å²) in [5.41, 5.74) is 5.63. The molecule has 0 fully saturated rings. The second kappa shape index (κ2) is 9.13. The first-order valence-corrected chi connectivity index (χ1v) is 6.15. The first kappa shape index (κ1) is 14.9. The number of hydrogen-bond acceptors (Lipinski definition) is 3. The van der Waals surface area contributed by atoms with E-state index in [1.54, 1.807) is 6.92 Å². The summed E-state index contributed by atoms with van der Waals surface area (Å²) in [6, 6.07) is 0. The Morgan fingerprint density at radius 3 is 2.33 bits per heavy atom. The van der Waals surface area contributed by atoms with Gasteiger partial charge in [-0.3, -0.25) is 0 Å². The number of ether oxygens (including phenoxy) is 1. The van der Waals surface area contributed by atoms with Crippen molar-refractivity contribution in [1.29, 1.82) is 0 Å². The zero-order valence-electron chi connectivity index (χ0n) is 10.4. The lowest BCUT2D eigenvalue weighted by molar-refractivity contribution is -0.0607. The SMILES string of the molecule is CCCCCCC(CN)OC(C)C(C)O. The average Bonchev–Trinajstić information content (AvgIpc) is 2.22. The fourth-order valence-corrected chi connectivity index (χ4v) is 1.46. The number of unbranched alkanes of at least 4 members (excludes halogenated alkanes) is 3. The van der Waals surface area contributed by atoms with E-state index in [1.165, 1.54) is 25.7 Å². The van der Waals surface area contributed by atoms with Crippen molar-refractivity contribution in [2.24, 2.45) is 5.73 Å². The lowest BCUT2D eigenvalue weighted by Gasteiger charge is -2.23. The average molecular weight is 217 g/mol. The van der Waals surface area contributed by atoms with E-state index in [9.17, 15) is 5.11 Å². The fraction of sp³-hybridized carbons (Fsp3) is 1.00. The molecule has 0 spiro atoms. The molecule has 3 N–H and O–H groups in total. The molecule has 0 aromatic carbocycles. The third-order valence-electron chi connectivity index (χ3n) is 2.73. The predicted molar refractivity (Wildman–Crippen MR) is 63.8 cm³/mol. The van der Waals surface area contributed by atoms with Crippen LogP contribution in [-0.2, 0) is 4.74 Å². The normalized spacial score (nSPS) is 17.4. The van der Waals surface area contributed by atoms with Crippen LogP contribution in [-0.4, -0.2) is 30.0 Å². The first-order chi connectivity index (χ1) is 7.11. The molecular weight excluding hydrogens is 190 g/mol. The number of rotatable bonds is 9. The van der Waals surface area contributed by atoms with E-state index in [1.807, 2.05) is 6.92 Å². The predicted octanol–water partition coefficient (Wildman–Crippen LogP) is 2.07. The van der Waals surface area contributed by atoms with Crippen molar-refractivity contribution >= 4 is 0 Å². The topological polar surface area (TPSA) is 55.5 Å².